The topological polar surface area (TPSA) is 77.4 Å². The van der Waals surface area contributed by atoms with E-state index in [1.165, 1.54) is 0 Å². The molecule has 0 unspecified atom stereocenters. The van der Waals surface area contributed by atoms with E-state index in [4.69, 9.17) is 14.6 Å². The van der Waals surface area contributed by atoms with Gasteiger partial charge in [-0.2, -0.15) is 5.10 Å². The Morgan fingerprint density at radius 1 is 1.07 bits per heavy atom. The Labute approximate surface area is 182 Å². The standard InChI is InChI=1S/C22H26N4O3.ClH/c1-4-23-12-13-24-22(27)19-15-26(16-8-6-5-7-9-16)25-21(19)18-14-17(28-2)10-11-20(18)29-3;/h5-11,14-15,23H,4,12-13H2,1-3H3,(H,24,27);1H. The summed E-state index contributed by atoms with van der Waals surface area (Å²) in [5, 5.41) is 10.8. The highest BCUT2D eigenvalue weighted by Gasteiger charge is 2.21. The molecule has 8 heteroatoms. The molecule has 0 aliphatic carbocycles. The van der Waals surface area contributed by atoms with Gasteiger partial charge in [0.1, 0.15) is 17.2 Å². The zero-order valence-electron chi connectivity index (χ0n) is 17.3. The lowest BCUT2D eigenvalue weighted by atomic mass is 10.1. The minimum absolute atomic E-state index is 0. The lowest BCUT2D eigenvalue weighted by Gasteiger charge is -2.10. The van der Waals surface area contributed by atoms with Crippen LogP contribution >= 0.6 is 12.4 Å². The van der Waals surface area contributed by atoms with Crippen LogP contribution in [0.15, 0.2) is 54.7 Å². The number of carbonyl (C=O) groups excluding carboxylic acids is 1. The molecule has 7 nitrogen and oxygen atoms in total. The van der Waals surface area contributed by atoms with Gasteiger partial charge in [-0.3, -0.25) is 4.79 Å². The largest absolute Gasteiger partial charge is 0.497 e. The third-order valence-electron chi connectivity index (χ3n) is 4.48. The molecule has 0 saturated carbocycles. The van der Waals surface area contributed by atoms with E-state index in [0.29, 0.717) is 41.4 Å². The second kappa shape index (κ2) is 11.2. The second-order valence-corrected chi connectivity index (χ2v) is 6.35. The number of para-hydroxylation sites is 1. The molecule has 0 saturated heterocycles. The molecular weight excluding hydrogens is 404 g/mol. The lowest BCUT2D eigenvalue weighted by Crippen LogP contribution is -2.31. The van der Waals surface area contributed by atoms with E-state index in [-0.39, 0.29) is 18.3 Å². The Morgan fingerprint density at radius 3 is 2.50 bits per heavy atom. The van der Waals surface area contributed by atoms with E-state index in [1.807, 2.05) is 55.5 Å². The first-order valence-corrected chi connectivity index (χ1v) is 9.54. The van der Waals surface area contributed by atoms with Crippen molar-refractivity contribution >= 4 is 18.3 Å². The SMILES string of the molecule is CCNCCNC(=O)c1cn(-c2ccccc2)nc1-c1cc(OC)ccc1OC.Cl. The predicted octanol–water partition coefficient (Wildman–Crippen LogP) is 3.32. The van der Waals surface area contributed by atoms with Crippen molar-refractivity contribution in [3.63, 3.8) is 0 Å². The van der Waals surface area contributed by atoms with E-state index in [1.54, 1.807) is 25.1 Å². The molecule has 3 rings (SSSR count). The fraction of sp³-hybridized carbons (Fsp3) is 0.273. The van der Waals surface area contributed by atoms with Gasteiger partial charge in [-0.05, 0) is 36.9 Å². The van der Waals surface area contributed by atoms with Crippen LogP contribution in [0.2, 0.25) is 0 Å². The van der Waals surface area contributed by atoms with Crippen molar-refractivity contribution in [2.45, 2.75) is 6.92 Å². The van der Waals surface area contributed by atoms with E-state index in [2.05, 4.69) is 10.6 Å². The third kappa shape index (κ3) is 5.31. The summed E-state index contributed by atoms with van der Waals surface area (Å²) in [6.07, 6.45) is 1.74. The third-order valence-corrected chi connectivity index (χ3v) is 4.48. The fourth-order valence-electron chi connectivity index (χ4n) is 2.99. The molecule has 0 atom stereocenters. The number of methoxy groups -OCH3 is 2. The van der Waals surface area contributed by atoms with Gasteiger partial charge in [-0.25, -0.2) is 4.68 Å². The Bertz CT molecular complexity index is 960. The Morgan fingerprint density at radius 2 is 1.83 bits per heavy atom. The van der Waals surface area contributed by atoms with Gasteiger partial charge in [-0.15, -0.1) is 12.4 Å². The highest BCUT2D eigenvalue weighted by Crippen LogP contribution is 2.35. The minimum atomic E-state index is -0.190. The zero-order chi connectivity index (χ0) is 20.6. The molecule has 2 N–H and O–H groups in total. The zero-order valence-corrected chi connectivity index (χ0v) is 18.2. The molecule has 1 aromatic heterocycles. The van der Waals surface area contributed by atoms with E-state index in [9.17, 15) is 4.79 Å². The number of hydrogen-bond donors (Lipinski definition) is 2. The minimum Gasteiger partial charge on any atom is -0.497 e. The first kappa shape index (κ1) is 23.3. The molecule has 0 bridgehead atoms. The Balaban J connectivity index is 0.00000320. The molecule has 30 heavy (non-hydrogen) atoms. The summed E-state index contributed by atoms with van der Waals surface area (Å²) in [5.74, 6) is 1.09. The van der Waals surface area contributed by atoms with Crippen LogP contribution in [0.1, 0.15) is 17.3 Å². The summed E-state index contributed by atoms with van der Waals surface area (Å²) in [6, 6.07) is 15.1. The molecule has 1 heterocycles. The van der Waals surface area contributed by atoms with Crippen LogP contribution < -0.4 is 20.1 Å². The number of benzene rings is 2. The lowest BCUT2D eigenvalue weighted by molar-refractivity contribution is 0.0954. The molecule has 0 radical (unpaired) electrons. The van der Waals surface area contributed by atoms with Crippen LogP contribution in [0.3, 0.4) is 0 Å². The normalized spacial score (nSPS) is 10.2. The molecule has 0 aliphatic rings. The quantitative estimate of drug-likeness (QED) is 0.509. The van der Waals surface area contributed by atoms with Gasteiger partial charge in [0, 0.05) is 24.8 Å². The van der Waals surface area contributed by atoms with Crippen LogP contribution in [-0.2, 0) is 0 Å². The molecule has 2 aromatic carbocycles. The number of rotatable bonds is 9. The first-order chi connectivity index (χ1) is 14.2. The van der Waals surface area contributed by atoms with E-state index in [0.717, 1.165) is 12.2 Å². The van der Waals surface area contributed by atoms with Gasteiger partial charge in [-0.1, -0.05) is 25.1 Å². The van der Waals surface area contributed by atoms with Gasteiger partial charge in [0.25, 0.3) is 5.91 Å². The number of ether oxygens (including phenoxy) is 2. The maximum Gasteiger partial charge on any atom is 0.255 e. The van der Waals surface area contributed by atoms with Gasteiger partial charge >= 0.3 is 0 Å². The number of likely N-dealkylation sites (N-methyl/N-ethyl adjacent to an activating group) is 1. The van der Waals surface area contributed by atoms with Crippen molar-refractivity contribution < 1.29 is 14.3 Å². The summed E-state index contributed by atoms with van der Waals surface area (Å²) < 4.78 is 12.6. The van der Waals surface area contributed by atoms with Crippen molar-refractivity contribution in [3.8, 4) is 28.4 Å². The number of hydrogen-bond acceptors (Lipinski definition) is 5. The summed E-state index contributed by atoms with van der Waals surface area (Å²) >= 11 is 0. The monoisotopic (exact) mass is 430 g/mol. The van der Waals surface area contributed by atoms with Crippen molar-refractivity contribution in [2.75, 3.05) is 33.9 Å². The fourth-order valence-corrected chi connectivity index (χ4v) is 2.99. The van der Waals surface area contributed by atoms with Crippen LogP contribution in [0, 0.1) is 0 Å². The van der Waals surface area contributed by atoms with Crippen LogP contribution in [0.25, 0.3) is 16.9 Å². The predicted molar refractivity (Wildman–Crippen MR) is 120 cm³/mol. The van der Waals surface area contributed by atoms with Gasteiger partial charge in [0.05, 0.1) is 25.5 Å². The Kier molecular flexibility index (Phi) is 8.70. The number of halogens is 1. The van der Waals surface area contributed by atoms with Gasteiger partial charge in [0.2, 0.25) is 0 Å². The van der Waals surface area contributed by atoms with E-state index >= 15 is 0 Å². The maximum atomic E-state index is 12.9. The molecule has 0 fully saturated rings. The second-order valence-electron chi connectivity index (χ2n) is 6.35. The van der Waals surface area contributed by atoms with Crippen molar-refractivity contribution in [1.82, 2.24) is 20.4 Å². The van der Waals surface area contributed by atoms with Gasteiger partial charge in [0.15, 0.2) is 0 Å². The first-order valence-electron chi connectivity index (χ1n) is 9.54. The Hall–Kier alpha value is -3.03. The summed E-state index contributed by atoms with van der Waals surface area (Å²) in [4.78, 5) is 12.9. The summed E-state index contributed by atoms with van der Waals surface area (Å²) in [5.41, 5.74) is 2.56. The molecule has 0 spiro atoms. The number of nitrogens with one attached hydrogen (secondary N) is 2. The highest BCUT2D eigenvalue weighted by molar-refractivity contribution is 6.00. The molecule has 0 aliphatic heterocycles. The molecular formula is C22H27ClN4O3. The number of nitrogens with zero attached hydrogens (tertiary/aromatic N) is 2. The number of amides is 1. The van der Waals surface area contributed by atoms with E-state index < -0.39 is 0 Å². The highest BCUT2D eigenvalue weighted by atomic mass is 35.5. The van der Waals surface area contributed by atoms with Crippen LogP contribution in [0.4, 0.5) is 0 Å². The average Bonchev–Trinajstić information content (AvgIpc) is 3.22. The van der Waals surface area contributed by atoms with Crippen LogP contribution in [-0.4, -0.2) is 49.5 Å². The summed E-state index contributed by atoms with van der Waals surface area (Å²) in [7, 11) is 3.19. The number of carbonyl (C=O) groups is 1. The van der Waals surface area contributed by atoms with Crippen molar-refractivity contribution in [3.05, 3.63) is 60.3 Å². The van der Waals surface area contributed by atoms with Crippen molar-refractivity contribution in [2.24, 2.45) is 0 Å². The maximum absolute atomic E-state index is 12.9. The smallest absolute Gasteiger partial charge is 0.255 e. The van der Waals surface area contributed by atoms with Crippen LogP contribution in [0.5, 0.6) is 11.5 Å². The van der Waals surface area contributed by atoms with Crippen molar-refractivity contribution in [1.29, 1.82) is 0 Å². The average molecular weight is 431 g/mol. The molecule has 160 valence electrons. The number of aromatic nitrogens is 2. The summed E-state index contributed by atoms with van der Waals surface area (Å²) in [6.45, 7) is 4.11. The van der Waals surface area contributed by atoms with Gasteiger partial charge < -0.3 is 20.1 Å². The molecule has 3 aromatic rings. The molecule has 1 amide bonds.